The lowest BCUT2D eigenvalue weighted by molar-refractivity contribution is -0.360. The van der Waals surface area contributed by atoms with Crippen molar-refractivity contribution in [3.8, 4) is 0 Å². The first-order valence-corrected chi connectivity index (χ1v) is 3.94. The average molecular weight is 151 g/mol. The topological polar surface area (TPSA) is 40.2 Å². The van der Waals surface area contributed by atoms with Crippen LogP contribution in [0.5, 0.6) is 0 Å². The van der Waals surface area contributed by atoms with Gasteiger partial charge in [-0.1, -0.05) is 13.8 Å². The molecule has 0 aliphatic carbocycles. The molecule has 3 N–H and O–H groups in total. The summed E-state index contributed by atoms with van der Waals surface area (Å²) in [5, 5.41) is 0. The highest BCUT2D eigenvalue weighted by Crippen LogP contribution is 2.07. The van der Waals surface area contributed by atoms with Crippen LogP contribution in [0.3, 0.4) is 0 Å². The second-order valence-corrected chi connectivity index (χ2v) is 3.25. The molecular formula is C9H15N2+. The van der Waals surface area contributed by atoms with Gasteiger partial charge in [-0.3, -0.25) is 5.73 Å². The van der Waals surface area contributed by atoms with Gasteiger partial charge in [0.05, 0.1) is 6.20 Å². The summed E-state index contributed by atoms with van der Waals surface area (Å²) in [4.78, 5) is 2.92. The molecule has 1 aromatic rings. The maximum Gasteiger partial charge on any atom is 0.270 e. The second kappa shape index (κ2) is 3.37. The van der Waals surface area contributed by atoms with Crippen LogP contribution in [0.4, 0.5) is 5.82 Å². The average Bonchev–Trinajstić information content (AvgIpc) is 1.85. The number of rotatable bonds is 2. The molecule has 0 spiro atoms. The summed E-state index contributed by atoms with van der Waals surface area (Å²) >= 11 is 0. The number of hydrogen-bond acceptors (Lipinski definition) is 1. The lowest BCUT2D eigenvalue weighted by Gasteiger charge is -2.02. The molecular weight excluding hydrogens is 136 g/mol. The molecule has 0 saturated carbocycles. The van der Waals surface area contributed by atoms with Crippen molar-refractivity contribution in [3.63, 3.8) is 0 Å². The van der Waals surface area contributed by atoms with Crippen LogP contribution < -0.4 is 10.7 Å². The van der Waals surface area contributed by atoms with E-state index in [1.54, 1.807) is 0 Å². The van der Waals surface area contributed by atoms with Gasteiger partial charge in [-0.15, -0.1) is 0 Å². The Morgan fingerprint density at radius 2 is 2.27 bits per heavy atom. The molecule has 0 unspecified atom stereocenters. The number of aromatic amines is 1. The van der Waals surface area contributed by atoms with Crippen molar-refractivity contribution in [2.45, 2.75) is 20.3 Å². The predicted molar refractivity (Wildman–Crippen MR) is 46.0 cm³/mol. The third kappa shape index (κ3) is 2.58. The monoisotopic (exact) mass is 151 g/mol. The molecule has 60 valence electrons. The van der Waals surface area contributed by atoms with Crippen LogP contribution in [0.15, 0.2) is 18.3 Å². The quantitative estimate of drug-likeness (QED) is 0.679. The first-order chi connectivity index (χ1) is 5.18. The minimum Gasteiger partial charge on any atom is -0.287 e. The lowest BCUT2D eigenvalue weighted by Crippen LogP contribution is -2.09. The Labute approximate surface area is 67.5 Å². The van der Waals surface area contributed by atoms with Crippen molar-refractivity contribution in [1.82, 2.24) is 0 Å². The van der Waals surface area contributed by atoms with E-state index in [4.69, 9.17) is 5.73 Å². The number of H-pyrrole nitrogens is 1. The summed E-state index contributed by atoms with van der Waals surface area (Å²) in [6.45, 7) is 4.40. The Morgan fingerprint density at radius 3 is 2.82 bits per heavy atom. The molecule has 0 aromatic carbocycles. The highest BCUT2D eigenvalue weighted by Gasteiger charge is 1.99. The van der Waals surface area contributed by atoms with E-state index in [1.165, 1.54) is 5.56 Å². The molecule has 0 radical (unpaired) electrons. The van der Waals surface area contributed by atoms with Gasteiger partial charge in [0.1, 0.15) is 0 Å². The van der Waals surface area contributed by atoms with Gasteiger partial charge in [0.2, 0.25) is 0 Å². The van der Waals surface area contributed by atoms with Crippen LogP contribution in [0.2, 0.25) is 0 Å². The molecule has 0 aliphatic rings. The zero-order chi connectivity index (χ0) is 8.27. The van der Waals surface area contributed by atoms with Crippen molar-refractivity contribution in [2.24, 2.45) is 5.92 Å². The van der Waals surface area contributed by atoms with Crippen LogP contribution in [-0.4, -0.2) is 0 Å². The fourth-order valence-corrected chi connectivity index (χ4v) is 1.13. The Morgan fingerprint density at radius 1 is 1.55 bits per heavy atom. The third-order valence-electron chi connectivity index (χ3n) is 1.53. The Kier molecular flexibility index (Phi) is 2.47. The number of hydrogen-bond donors (Lipinski definition) is 1. The van der Waals surface area contributed by atoms with E-state index in [2.05, 4.69) is 24.9 Å². The SMILES string of the molecule is CC(C)Cc1cc[nH+]c(N)c1. The highest BCUT2D eigenvalue weighted by molar-refractivity contribution is 5.26. The summed E-state index contributed by atoms with van der Waals surface area (Å²) in [5.41, 5.74) is 6.88. The molecule has 2 heteroatoms. The van der Waals surface area contributed by atoms with Crippen molar-refractivity contribution >= 4 is 5.82 Å². The Hall–Kier alpha value is -1.05. The zero-order valence-corrected chi connectivity index (χ0v) is 7.09. The predicted octanol–water partition coefficient (Wildman–Crippen LogP) is 1.28. The molecule has 0 atom stereocenters. The third-order valence-corrected chi connectivity index (χ3v) is 1.53. The van der Waals surface area contributed by atoms with E-state index in [0.717, 1.165) is 12.2 Å². The first kappa shape index (κ1) is 8.05. The largest absolute Gasteiger partial charge is 0.287 e. The van der Waals surface area contributed by atoms with Gasteiger partial charge >= 0.3 is 0 Å². The fraction of sp³-hybridized carbons (Fsp3) is 0.444. The number of nitrogens with one attached hydrogen (secondary N) is 1. The van der Waals surface area contributed by atoms with Crippen LogP contribution in [0.25, 0.3) is 0 Å². The maximum absolute atomic E-state index is 5.58. The molecule has 0 bridgehead atoms. The summed E-state index contributed by atoms with van der Waals surface area (Å²) < 4.78 is 0. The molecule has 1 rings (SSSR count). The molecule has 0 fully saturated rings. The Balaban J connectivity index is 2.71. The fourth-order valence-electron chi connectivity index (χ4n) is 1.13. The van der Waals surface area contributed by atoms with Gasteiger partial charge in [0.25, 0.3) is 5.82 Å². The van der Waals surface area contributed by atoms with E-state index in [9.17, 15) is 0 Å². The smallest absolute Gasteiger partial charge is 0.270 e. The van der Waals surface area contributed by atoms with Gasteiger partial charge in [-0.2, -0.15) is 0 Å². The van der Waals surface area contributed by atoms with Crippen molar-refractivity contribution in [1.29, 1.82) is 0 Å². The number of nitrogen functional groups attached to an aromatic ring is 1. The zero-order valence-electron chi connectivity index (χ0n) is 7.09. The minimum absolute atomic E-state index is 0.691. The molecule has 1 heterocycles. The molecule has 0 amide bonds. The van der Waals surface area contributed by atoms with Crippen LogP contribution >= 0.6 is 0 Å². The van der Waals surface area contributed by atoms with Crippen molar-refractivity contribution in [2.75, 3.05) is 5.73 Å². The van der Waals surface area contributed by atoms with Crippen LogP contribution in [-0.2, 0) is 6.42 Å². The van der Waals surface area contributed by atoms with Gasteiger partial charge in [0, 0.05) is 6.07 Å². The van der Waals surface area contributed by atoms with Gasteiger partial charge in [0.15, 0.2) is 0 Å². The van der Waals surface area contributed by atoms with Crippen molar-refractivity contribution < 1.29 is 4.98 Å². The summed E-state index contributed by atoms with van der Waals surface area (Å²) in [5.74, 6) is 1.43. The molecule has 11 heavy (non-hydrogen) atoms. The normalized spacial score (nSPS) is 10.5. The standard InChI is InChI=1S/C9H14N2/c1-7(2)5-8-3-4-11-9(10)6-8/h3-4,6-7H,5H2,1-2H3,(H2,10,11)/p+1. The van der Waals surface area contributed by atoms with Gasteiger partial charge in [-0.25, -0.2) is 4.98 Å². The number of pyridine rings is 1. The Bertz CT molecular complexity index is 231. The lowest BCUT2D eigenvalue weighted by atomic mass is 10.0. The summed E-state index contributed by atoms with van der Waals surface area (Å²) in [6.07, 6.45) is 2.98. The summed E-state index contributed by atoms with van der Waals surface area (Å²) in [6, 6.07) is 4.05. The van der Waals surface area contributed by atoms with Crippen LogP contribution in [0, 0.1) is 5.92 Å². The van der Waals surface area contributed by atoms with Gasteiger partial charge in [-0.05, 0) is 24.0 Å². The van der Waals surface area contributed by atoms with Crippen LogP contribution in [0.1, 0.15) is 19.4 Å². The second-order valence-electron chi connectivity index (χ2n) is 3.25. The van der Waals surface area contributed by atoms with E-state index in [0.29, 0.717) is 5.92 Å². The van der Waals surface area contributed by atoms with E-state index in [1.807, 2.05) is 12.3 Å². The van der Waals surface area contributed by atoms with Crippen molar-refractivity contribution in [3.05, 3.63) is 23.9 Å². The van der Waals surface area contributed by atoms with E-state index >= 15 is 0 Å². The first-order valence-electron chi connectivity index (χ1n) is 3.94. The molecule has 2 nitrogen and oxygen atoms in total. The summed E-state index contributed by atoms with van der Waals surface area (Å²) in [7, 11) is 0. The van der Waals surface area contributed by atoms with E-state index < -0.39 is 0 Å². The number of aromatic nitrogens is 1. The molecule has 1 aromatic heterocycles. The number of anilines is 1. The molecule has 0 aliphatic heterocycles. The van der Waals surface area contributed by atoms with E-state index in [-0.39, 0.29) is 0 Å². The molecule has 0 saturated heterocycles. The highest BCUT2D eigenvalue weighted by atomic mass is 14.8. The maximum atomic E-state index is 5.58. The minimum atomic E-state index is 0.691. The number of nitrogens with two attached hydrogens (primary N) is 1. The van der Waals surface area contributed by atoms with Gasteiger partial charge < -0.3 is 0 Å².